The first kappa shape index (κ1) is 16.6. The predicted molar refractivity (Wildman–Crippen MR) is 78.5 cm³/mol. The first-order chi connectivity index (χ1) is 9.26. The van der Waals surface area contributed by atoms with Crippen LogP contribution in [-0.2, 0) is 9.53 Å². The average Bonchev–Trinajstić information content (AvgIpc) is 2.45. The van der Waals surface area contributed by atoms with Gasteiger partial charge in [-0.15, -0.1) is 0 Å². The van der Waals surface area contributed by atoms with Crippen LogP contribution >= 0.6 is 0 Å². The summed E-state index contributed by atoms with van der Waals surface area (Å²) in [6.07, 6.45) is 3.61. The highest BCUT2D eigenvalue weighted by atomic mass is 16.5. The number of rotatable bonds is 10. The molecule has 4 heteroatoms. The van der Waals surface area contributed by atoms with E-state index in [2.05, 4.69) is 9.80 Å². The molecule has 1 aliphatic heterocycles. The van der Waals surface area contributed by atoms with E-state index in [1.165, 1.54) is 0 Å². The number of Topliss-reactive ketones (excluding diaryl/α,β-unsaturated/α-hetero) is 1. The maximum Gasteiger partial charge on any atom is 0.132 e. The van der Waals surface area contributed by atoms with Crippen LogP contribution < -0.4 is 0 Å². The molecule has 0 N–H and O–H groups in total. The highest BCUT2D eigenvalue weighted by molar-refractivity contribution is 5.77. The monoisotopic (exact) mass is 270 g/mol. The molecule has 0 bridgehead atoms. The Balaban J connectivity index is 2.00. The smallest absolute Gasteiger partial charge is 0.132 e. The molecule has 1 heterocycles. The van der Waals surface area contributed by atoms with Gasteiger partial charge in [-0.25, -0.2) is 0 Å². The van der Waals surface area contributed by atoms with Crippen molar-refractivity contribution in [3.63, 3.8) is 0 Å². The van der Waals surface area contributed by atoms with Crippen LogP contribution in [-0.4, -0.2) is 68.1 Å². The molecule has 0 unspecified atom stereocenters. The minimum absolute atomic E-state index is 0.398. The fourth-order valence-electron chi connectivity index (χ4n) is 2.45. The molecular weight excluding hydrogens is 240 g/mol. The van der Waals surface area contributed by atoms with E-state index in [-0.39, 0.29) is 0 Å². The molecule has 0 aromatic rings. The Bertz CT molecular complexity index is 238. The van der Waals surface area contributed by atoms with Gasteiger partial charge >= 0.3 is 0 Å². The van der Waals surface area contributed by atoms with Crippen LogP contribution in [0.25, 0.3) is 0 Å². The van der Waals surface area contributed by atoms with Crippen LogP contribution in [0, 0.1) is 0 Å². The van der Waals surface area contributed by atoms with E-state index in [1.54, 1.807) is 0 Å². The van der Waals surface area contributed by atoms with Crippen molar-refractivity contribution in [1.82, 2.24) is 9.80 Å². The molecule has 0 amide bonds. The van der Waals surface area contributed by atoms with Gasteiger partial charge in [-0.2, -0.15) is 0 Å². The van der Waals surface area contributed by atoms with Gasteiger partial charge in [-0.3, -0.25) is 4.79 Å². The van der Waals surface area contributed by atoms with Crippen molar-refractivity contribution in [2.75, 3.05) is 52.5 Å². The minimum Gasteiger partial charge on any atom is -0.382 e. The average molecular weight is 270 g/mol. The highest BCUT2D eigenvalue weighted by Gasteiger charge is 2.16. The lowest BCUT2D eigenvalue weighted by atomic mass is 10.1. The fraction of sp³-hybridized carbons (Fsp3) is 0.933. The summed E-state index contributed by atoms with van der Waals surface area (Å²) in [4.78, 5) is 16.2. The third-order valence-corrected chi connectivity index (χ3v) is 3.76. The van der Waals surface area contributed by atoms with Crippen molar-refractivity contribution in [2.24, 2.45) is 0 Å². The second kappa shape index (κ2) is 10.4. The summed E-state index contributed by atoms with van der Waals surface area (Å²) in [6, 6.07) is 0. The zero-order valence-electron chi connectivity index (χ0n) is 12.7. The summed E-state index contributed by atoms with van der Waals surface area (Å²) in [6.45, 7) is 12.6. The third kappa shape index (κ3) is 7.65. The first-order valence-electron chi connectivity index (χ1n) is 7.80. The van der Waals surface area contributed by atoms with Crippen LogP contribution in [0.15, 0.2) is 0 Å². The fourth-order valence-corrected chi connectivity index (χ4v) is 2.45. The van der Waals surface area contributed by atoms with Crippen molar-refractivity contribution < 1.29 is 9.53 Å². The third-order valence-electron chi connectivity index (χ3n) is 3.76. The Morgan fingerprint density at radius 1 is 1.00 bits per heavy atom. The molecule has 0 radical (unpaired) electrons. The van der Waals surface area contributed by atoms with Gasteiger partial charge in [0.2, 0.25) is 0 Å². The van der Waals surface area contributed by atoms with Crippen LogP contribution in [0.2, 0.25) is 0 Å². The number of nitrogens with zero attached hydrogens (tertiary/aromatic N) is 2. The summed E-state index contributed by atoms with van der Waals surface area (Å²) in [7, 11) is 0. The van der Waals surface area contributed by atoms with E-state index in [1.807, 2.05) is 13.8 Å². The quantitative estimate of drug-likeness (QED) is 0.567. The number of piperazine rings is 1. The van der Waals surface area contributed by atoms with Gasteiger partial charge in [0.25, 0.3) is 0 Å². The largest absolute Gasteiger partial charge is 0.382 e. The zero-order chi connectivity index (χ0) is 13.9. The topological polar surface area (TPSA) is 32.8 Å². The summed E-state index contributed by atoms with van der Waals surface area (Å²) in [5.74, 6) is 0.398. The Kier molecular flexibility index (Phi) is 9.05. The molecule has 1 aliphatic rings. The molecule has 0 saturated carbocycles. The number of carbonyl (C=O) groups excluding carboxylic acids is 1. The second-order valence-electron chi connectivity index (χ2n) is 5.23. The summed E-state index contributed by atoms with van der Waals surface area (Å²) < 4.78 is 5.36. The van der Waals surface area contributed by atoms with E-state index in [0.717, 1.165) is 71.7 Å². The number of carbonyl (C=O) groups is 1. The number of hydrogen-bond donors (Lipinski definition) is 0. The molecule has 1 saturated heterocycles. The molecule has 0 aromatic carbocycles. The van der Waals surface area contributed by atoms with Gasteiger partial charge in [0, 0.05) is 58.8 Å². The van der Waals surface area contributed by atoms with Crippen LogP contribution in [0.4, 0.5) is 0 Å². The van der Waals surface area contributed by atoms with E-state index >= 15 is 0 Å². The lowest BCUT2D eigenvalue weighted by Crippen LogP contribution is -2.46. The Labute approximate surface area is 118 Å². The lowest BCUT2D eigenvalue weighted by Gasteiger charge is -2.34. The van der Waals surface area contributed by atoms with Crippen molar-refractivity contribution >= 4 is 5.78 Å². The van der Waals surface area contributed by atoms with Gasteiger partial charge in [0.15, 0.2) is 0 Å². The zero-order valence-corrected chi connectivity index (χ0v) is 12.7. The molecular formula is C15H30N2O2. The first-order valence-corrected chi connectivity index (χ1v) is 7.80. The van der Waals surface area contributed by atoms with Gasteiger partial charge < -0.3 is 14.5 Å². The van der Waals surface area contributed by atoms with Crippen molar-refractivity contribution in [2.45, 2.75) is 39.5 Å². The predicted octanol–water partition coefficient (Wildman–Crippen LogP) is 1.79. The van der Waals surface area contributed by atoms with Gasteiger partial charge in [0.1, 0.15) is 5.78 Å². The highest BCUT2D eigenvalue weighted by Crippen LogP contribution is 2.05. The molecule has 1 rings (SSSR count). The van der Waals surface area contributed by atoms with Gasteiger partial charge in [0.05, 0.1) is 0 Å². The van der Waals surface area contributed by atoms with Crippen LogP contribution in [0.5, 0.6) is 0 Å². The normalized spacial score (nSPS) is 17.8. The standard InChI is InChI=1S/C15H30N2O2/c1-3-15(18)7-5-8-16-10-12-17(13-11-16)9-6-14-19-4-2/h3-14H2,1-2H3. The number of ether oxygens (including phenoxy) is 1. The molecule has 0 aliphatic carbocycles. The molecule has 1 fully saturated rings. The molecule has 112 valence electrons. The Morgan fingerprint density at radius 3 is 2.11 bits per heavy atom. The minimum atomic E-state index is 0.398. The van der Waals surface area contributed by atoms with Crippen molar-refractivity contribution in [1.29, 1.82) is 0 Å². The van der Waals surface area contributed by atoms with Crippen LogP contribution in [0.1, 0.15) is 39.5 Å². The number of ketones is 1. The summed E-state index contributed by atoms with van der Waals surface area (Å²) >= 11 is 0. The molecule has 0 atom stereocenters. The van der Waals surface area contributed by atoms with Gasteiger partial charge in [-0.05, 0) is 26.3 Å². The van der Waals surface area contributed by atoms with Gasteiger partial charge in [-0.1, -0.05) is 6.92 Å². The second-order valence-corrected chi connectivity index (χ2v) is 5.23. The number of hydrogen-bond acceptors (Lipinski definition) is 4. The van der Waals surface area contributed by atoms with E-state index < -0.39 is 0 Å². The van der Waals surface area contributed by atoms with E-state index in [4.69, 9.17) is 4.74 Å². The Morgan fingerprint density at radius 2 is 1.58 bits per heavy atom. The molecule has 19 heavy (non-hydrogen) atoms. The van der Waals surface area contributed by atoms with Crippen LogP contribution in [0.3, 0.4) is 0 Å². The summed E-state index contributed by atoms with van der Waals surface area (Å²) in [5.41, 5.74) is 0. The van der Waals surface area contributed by atoms with E-state index in [0.29, 0.717) is 12.2 Å². The lowest BCUT2D eigenvalue weighted by molar-refractivity contribution is -0.118. The molecule has 4 nitrogen and oxygen atoms in total. The summed E-state index contributed by atoms with van der Waals surface area (Å²) in [5, 5.41) is 0. The van der Waals surface area contributed by atoms with E-state index in [9.17, 15) is 4.79 Å². The molecule has 0 aromatic heterocycles. The SMILES string of the molecule is CCOCCCN1CCN(CCCC(=O)CC)CC1. The maximum atomic E-state index is 11.2. The molecule has 0 spiro atoms. The maximum absolute atomic E-state index is 11.2. The van der Waals surface area contributed by atoms with Crippen molar-refractivity contribution in [3.05, 3.63) is 0 Å². The van der Waals surface area contributed by atoms with Crippen molar-refractivity contribution in [3.8, 4) is 0 Å². The Hall–Kier alpha value is -0.450.